The van der Waals surface area contributed by atoms with Crippen LogP contribution >= 0.6 is 0 Å². The maximum absolute atomic E-state index is 12.2. The molecule has 2 rings (SSSR count). The average Bonchev–Trinajstić information content (AvgIpc) is 3.45. The fourth-order valence-electron chi connectivity index (χ4n) is 2.44. The lowest BCUT2D eigenvalue weighted by atomic mass is 9.97. The number of rotatable bonds is 7. The highest BCUT2D eigenvalue weighted by molar-refractivity contribution is 5.90. The summed E-state index contributed by atoms with van der Waals surface area (Å²) < 4.78 is 22.0. The van der Waals surface area contributed by atoms with Crippen molar-refractivity contribution >= 4 is 11.9 Å². The highest BCUT2D eigenvalue weighted by Crippen LogP contribution is 2.46. The summed E-state index contributed by atoms with van der Waals surface area (Å²) in [7, 11) is 1.57. The topological polar surface area (TPSA) is 74.4 Å². The van der Waals surface area contributed by atoms with Crippen LogP contribution < -0.4 is 9.47 Å². The number of ether oxygens (including phenoxy) is 4. The van der Waals surface area contributed by atoms with Gasteiger partial charge in [-0.3, -0.25) is 0 Å². The van der Waals surface area contributed by atoms with Crippen molar-refractivity contribution in [2.24, 2.45) is 0 Å². The monoisotopic (exact) mass is 374 g/mol. The molecule has 27 heavy (non-hydrogen) atoms. The Morgan fingerprint density at radius 1 is 1.11 bits per heavy atom. The van der Waals surface area contributed by atoms with E-state index in [1.165, 1.54) is 0 Å². The molecule has 0 aliphatic carbocycles. The van der Waals surface area contributed by atoms with Crippen molar-refractivity contribution in [3.8, 4) is 11.5 Å². The van der Waals surface area contributed by atoms with Crippen LogP contribution in [0.25, 0.3) is 0 Å². The Morgan fingerprint density at radius 2 is 1.70 bits per heavy atom. The number of epoxide rings is 1. The summed E-state index contributed by atoms with van der Waals surface area (Å²) in [5, 5.41) is 0. The molecule has 0 amide bonds. The molecule has 1 aliphatic rings. The minimum atomic E-state index is -0.843. The van der Waals surface area contributed by atoms with Crippen LogP contribution in [-0.2, 0) is 24.7 Å². The van der Waals surface area contributed by atoms with Crippen molar-refractivity contribution in [3.63, 3.8) is 0 Å². The second kappa shape index (κ2) is 8.39. The van der Waals surface area contributed by atoms with Gasteiger partial charge in [0.2, 0.25) is 0 Å². The highest BCUT2D eigenvalue weighted by atomic mass is 16.6. The predicted molar refractivity (Wildman–Crippen MR) is 101 cm³/mol. The lowest BCUT2D eigenvalue weighted by molar-refractivity contribution is -0.141. The lowest BCUT2D eigenvalue weighted by Gasteiger charge is -2.19. The molecule has 1 aliphatic heterocycles. The van der Waals surface area contributed by atoms with Crippen LogP contribution in [0, 0.1) is 6.92 Å². The third-order valence-electron chi connectivity index (χ3n) is 4.63. The molecule has 0 unspecified atom stereocenters. The van der Waals surface area contributed by atoms with E-state index in [0.717, 1.165) is 5.56 Å². The molecule has 0 N–H and O–H groups in total. The van der Waals surface area contributed by atoms with E-state index >= 15 is 0 Å². The molecule has 1 atom stereocenters. The lowest BCUT2D eigenvalue weighted by Crippen LogP contribution is -2.23. The molecule has 146 valence electrons. The standard InChI is InChI=1S/C21H26O6/c1-7-13(3)19(22)25-11-21(12-26-21)16-10-17(24-6)15(5)9-18(16)27-20(23)14(4)8-2/h7-10H,11-12H2,1-6H3/b13-7+,14-8+/t21-/m1/s1. The van der Waals surface area contributed by atoms with Crippen LogP contribution in [-0.4, -0.2) is 32.3 Å². The van der Waals surface area contributed by atoms with Gasteiger partial charge in [-0.25, -0.2) is 9.59 Å². The molecule has 1 aromatic rings. The SMILES string of the molecule is C/C=C(\C)C(=O)OC[C@]1(c2cc(OC)c(C)cc2OC(=O)/C(C)=C/C)CO1. The number of esters is 2. The van der Waals surface area contributed by atoms with Crippen LogP contribution in [0.4, 0.5) is 0 Å². The van der Waals surface area contributed by atoms with E-state index in [4.69, 9.17) is 18.9 Å². The van der Waals surface area contributed by atoms with E-state index in [2.05, 4.69) is 0 Å². The number of aryl methyl sites for hydroxylation is 1. The van der Waals surface area contributed by atoms with Crippen LogP contribution in [0.15, 0.2) is 35.4 Å². The number of hydrogen-bond acceptors (Lipinski definition) is 6. The van der Waals surface area contributed by atoms with Gasteiger partial charge in [-0.2, -0.15) is 0 Å². The van der Waals surface area contributed by atoms with Gasteiger partial charge in [0.15, 0.2) is 5.60 Å². The number of allylic oxidation sites excluding steroid dienone is 2. The number of carbonyl (C=O) groups excluding carboxylic acids is 2. The van der Waals surface area contributed by atoms with Gasteiger partial charge >= 0.3 is 11.9 Å². The van der Waals surface area contributed by atoms with Gasteiger partial charge in [0.05, 0.1) is 13.7 Å². The van der Waals surface area contributed by atoms with Gasteiger partial charge < -0.3 is 18.9 Å². The molecule has 6 heteroatoms. The Morgan fingerprint density at radius 3 is 2.22 bits per heavy atom. The van der Waals surface area contributed by atoms with E-state index in [1.54, 1.807) is 59.1 Å². The fourth-order valence-corrected chi connectivity index (χ4v) is 2.44. The minimum Gasteiger partial charge on any atom is -0.496 e. The summed E-state index contributed by atoms with van der Waals surface area (Å²) >= 11 is 0. The summed E-state index contributed by atoms with van der Waals surface area (Å²) in [4.78, 5) is 24.2. The van der Waals surface area contributed by atoms with E-state index in [0.29, 0.717) is 34.8 Å². The third-order valence-corrected chi connectivity index (χ3v) is 4.63. The van der Waals surface area contributed by atoms with Crippen LogP contribution in [0.2, 0.25) is 0 Å². The number of hydrogen-bond donors (Lipinski definition) is 0. The maximum Gasteiger partial charge on any atom is 0.338 e. The van der Waals surface area contributed by atoms with Gasteiger partial charge in [0.1, 0.15) is 18.1 Å². The smallest absolute Gasteiger partial charge is 0.338 e. The predicted octanol–water partition coefficient (Wildman–Crippen LogP) is 3.61. The van der Waals surface area contributed by atoms with Gasteiger partial charge in [0.25, 0.3) is 0 Å². The van der Waals surface area contributed by atoms with Crippen molar-refractivity contribution in [3.05, 3.63) is 46.6 Å². The Bertz CT molecular complexity index is 799. The van der Waals surface area contributed by atoms with E-state index in [9.17, 15) is 9.59 Å². The van der Waals surface area contributed by atoms with Crippen molar-refractivity contribution < 1.29 is 28.5 Å². The van der Waals surface area contributed by atoms with Gasteiger partial charge in [-0.05, 0) is 52.3 Å². The summed E-state index contributed by atoms with van der Waals surface area (Å²) in [6, 6.07) is 3.50. The normalized spacial score (nSPS) is 19.5. The van der Waals surface area contributed by atoms with E-state index in [1.807, 2.05) is 6.92 Å². The zero-order chi connectivity index (χ0) is 20.2. The molecule has 6 nitrogen and oxygen atoms in total. The second-order valence-corrected chi connectivity index (χ2v) is 6.51. The largest absolute Gasteiger partial charge is 0.496 e. The van der Waals surface area contributed by atoms with Crippen molar-refractivity contribution in [2.75, 3.05) is 20.3 Å². The van der Waals surface area contributed by atoms with Gasteiger partial charge in [-0.15, -0.1) is 0 Å². The summed E-state index contributed by atoms with van der Waals surface area (Å²) in [5.74, 6) is 0.157. The molecule has 0 bridgehead atoms. The maximum atomic E-state index is 12.2. The number of benzene rings is 1. The Hall–Kier alpha value is -2.60. The zero-order valence-electron chi connectivity index (χ0n) is 16.7. The summed E-state index contributed by atoms with van der Waals surface area (Å²) in [6.07, 6.45) is 3.37. The van der Waals surface area contributed by atoms with Crippen LogP contribution in [0.1, 0.15) is 38.8 Å². The molecule has 0 radical (unpaired) electrons. The van der Waals surface area contributed by atoms with E-state index < -0.39 is 17.5 Å². The van der Waals surface area contributed by atoms with Crippen molar-refractivity contribution in [1.29, 1.82) is 0 Å². The van der Waals surface area contributed by atoms with Crippen LogP contribution in [0.5, 0.6) is 11.5 Å². The molecule has 0 saturated carbocycles. The van der Waals surface area contributed by atoms with Gasteiger partial charge in [0, 0.05) is 16.7 Å². The first-order chi connectivity index (χ1) is 12.8. The quantitative estimate of drug-likeness (QED) is 0.314. The zero-order valence-corrected chi connectivity index (χ0v) is 16.7. The molecule has 1 aromatic carbocycles. The van der Waals surface area contributed by atoms with Crippen molar-refractivity contribution in [2.45, 2.75) is 40.2 Å². The van der Waals surface area contributed by atoms with Gasteiger partial charge in [-0.1, -0.05) is 12.2 Å². The summed E-state index contributed by atoms with van der Waals surface area (Å²) in [5.41, 5.74) is 1.61. The minimum absolute atomic E-state index is 0.0242. The fraction of sp³-hybridized carbons (Fsp3) is 0.429. The average molecular weight is 374 g/mol. The number of methoxy groups -OCH3 is 1. The Labute approximate surface area is 159 Å². The third kappa shape index (κ3) is 4.57. The molecule has 1 heterocycles. The molecule has 0 spiro atoms. The second-order valence-electron chi connectivity index (χ2n) is 6.51. The Kier molecular flexibility index (Phi) is 6.44. The number of carbonyl (C=O) groups is 2. The summed E-state index contributed by atoms with van der Waals surface area (Å²) in [6.45, 7) is 9.15. The van der Waals surface area contributed by atoms with E-state index in [-0.39, 0.29) is 6.61 Å². The highest BCUT2D eigenvalue weighted by Gasteiger charge is 2.50. The van der Waals surface area contributed by atoms with Crippen LogP contribution in [0.3, 0.4) is 0 Å². The van der Waals surface area contributed by atoms with Crippen molar-refractivity contribution in [1.82, 2.24) is 0 Å². The molecule has 1 saturated heterocycles. The first-order valence-electron chi connectivity index (χ1n) is 8.76. The molecule has 1 fully saturated rings. The Balaban J connectivity index is 2.35. The molecule has 0 aromatic heterocycles. The molecular weight excluding hydrogens is 348 g/mol. The first-order valence-corrected chi connectivity index (χ1v) is 8.76. The first kappa shape index (κ1) is 20.7. The molecular formula is C21H26O6.